The zero-order valence-corrected chi connectivity index (χ0v) is 12.5. The largest absolute Gasteiger partial charge is 0.368 e. The van der Waals surface area contributed by atoms with Crippen molar-refractivity contribution in [1.82, 2.24) is 9.88 Å². The monoisotopic (exact) mass is 307 g/mol. The second-order valence-electron chi connectivity index (χ2n) is 4.52. The van der Waals surface area contributed by atoms with Crippen molar-refractivity contribution >= 4 is 40.6 Å². The molecule has 1 saturated heterocycles. The number of rotatable bonds is 4. The van der Waals surface area contributed by atoms with Crippen LogP contribution in [-0.2, 0) is 0 Å². The molecule has 100 valence electrons. The summed E-state index contributed by atoms with van der Waals surface area (Å²) in [6.45, 7) is 6.46. The van der Waals surface area contributed by atoms with E-state index in [0.29, 0.717) is 21.8 Å². The molecule has 1 aliphatic heterocycles. The second kappa shape index (κ2) is 6.29. The van der Waals surface area contributed by atoms with Crippen LogP contribution in [0.4, 0.5) is 5.82 Å². The van der Waals surface area contributed by atoms with Gasteiger partial charge in [-0.2, -0.15) is 0 Å². The van der Waals surface area contributed by atoms with E-state index in [1.165, 1.54) is 13.0 Å². The first-order valence-electron chi connectivity index (χ1n) is 6.08. The van der Waals surface area contributed by atoms with Gasteiger partial charge < -0.3 is 10.2 Å². The summed E-state index contributed by atoms with van der Waals surface area (Å²) in [6, 6.07) is 1.62. The molecular formula is C12H16Cl3N3. The minimum atomic E-state index is 0.283. The maximum Gasteiger partial charge on any atom is 0.150 e. The van der Waals surface area contributed by atoms with Gasteiger partial charge in [0.05, 0.1) is 10.0 Å². The fourth-order valence-electron chi connectivity index (χ4n) is 2.18. The third-order valence-corrected chi connectivity index (χ3v) is 4.22. The van der Waals surface area contributed by atoms with Crippen LogP contribution in [-0.4, -0.2) is 36.1 Å². The molecule has 2 heterocycles. The van der Waals surface area contributed by atoms with Crippen LogP contribution in [0.25, 0.3) is 0 Å². The van der Waals surface area contributed by atoms with E-state index in [4.69, 9.17) is 34.8 Å². The van der Waals surface area contributed by atoms with Gasteiger partial charge in [-0.15, -0.1) is 0 Å². The Labute approximate surface area is 122 Å². The first-order valence-corrected chi connectivity index (χ1v) is 7.21. The highest BCUT2D eigenvalue weighted by atomic mass is 35.5. The standard InChI is InChI=1S/C12H16Cl3N3/c1-2-18-4-3-8(7-18)6-16-12-10(14)5-9(13)11(15)17-12/h5,8H,2-4,6-7H2,1H3,(H,16,17). The first-order chi connectivity index (χ1) is 8.60. The smallest absolute Gasteiger partial charge is 0.150 e. The van der Waals surface area contributed by atoms with E-state index in [1.807, 2.05) is 0 Å². The van der Waals surface area contributed by atoms with Crippen LogP contribution in [0.15, 0.2) is 6.07 Å². The summed E-state index contributed by atoms with van der Waals surface area (Å²) in [5.41, 5.74) is 0. The Morgan fingerprint density at radius 1 is 1.39 bits per heavy atom. The van der Waals surface area contributed by atoms with Gasteiger partial charge >= 0.3 is 0 Å². The number of pyridine rings is 1. The zero-order chi connectivity index (χ0) is 13.1. The third kappa shape index (κ3) is 3.41. The number of anilines is 1. The van der Waals surface area contributed by atoms with Crippen LogP contribution in [0.2, 0.25) is 15.2 Å². The SMILES string of the molecule is CCN1CCC(CNc2nc(Cl)c(Cl)cc2Cl)C1. The van der Waals surface area contributed by atoms with Gasteiger partial charge in [0.25, 0.3) is 0 Å². The molecule has 1 N–H and O–H groups in total. The molecule has 1 atom stereocenters. The molecule has 1 fully saturated rings. The van der Waals surface area contributed by atoms with Crippen LogP contribution >= 0.6 is 34.8 Å². The van der Waals surface area contributed by atoms with Crippen molar-refractivity contribution in [3.8, 4) is 0 Å². The quantitative estimate of drug-likeness (QED) is 0.858. The van der Waals surface area contributed by atoms with Crippen molar-refractivity contribution in [3.05, 3.63) is 21.3 Å². The van der Waals surface area contributed by atoms with Crippen molar-refractivity contribution in [2.75, 3.05) is 31.5 Å². The lowest BCUT2D eigenvalue weighted by molar-refractivity contribution is 0.345. The van der Waals surface area contributed by atoms with Gasteiger partial charge in [-0.1, -0.05) is 41.7 Å². The van der Waals surface area contributed by atoms with Crippen LogP contribution in [0, 0.1) is 5.92 Å². The summed E-state index contributed by atoms with van der Waals surface area (Å²) >= 11 is 17.8. The fraction of sp³-hybridized carbons (Fsp3) is 0.583. The van der Waals surface area contributed by atoms with Crippen LogP contribution in [0.5, 0.6) is 0 Å². The number of hydrogen-bond donors (Lipinski definition) is 1. The van der Waals surface area contributed by atoms with Crippen molar-refractivity contribution in [1.29, 1.82) is 0 Å². The molecule has 1 aliphatic rings. The number of nitrogens with one attached hydrogen (secondary N) is 1. The van der Waals surface area contributed by atoms with Gasteiger partial charge in [-0.3, -0.25) is 0 Å². The van der Waals surface area contributed by atoms with E-state index < -0.39 is 0 Å². The minimum Gasteiger partial charge on any atom is -0.368 e. The molecule has 1 aromatic heterocycles. The normalized spacial score (nSPS) is 20.3. The maximum absolute atomic E-state index is 6.06. The van der Waals surface area contributed by atoms with Crippen molar-refractivity contribution in [2.24, 2.45) is 5.92 Å². The fourth-order valence-corrected chi connectivity index (χ4v) is 2.74. The number of likely N-dealkylation sites (tertiary alicyclic amines) is 1. The Bertz CT molecular complexity index is 425. The lowest BCUT2D eigenvalue weighted by atomic mass is 10.1. The summed E-state index contributed by atoms with van der Waals surface area (Å²) in [5.74, 6) is 1.25. The molecule has 6 heteroatoms. The summed E-state index contributed by atoms with van der Waals surface area (Å²) in [6.07, 6.45) is 1.21. The molecule has 0 amide bonds. The number of halogens is 3. The molecule has 1 unspecified atom stereocenters. The Balaban J connectivity index is 1.93. The van der Waals surface area contributed by atoms with E-state index in [2.05, 4.69) is 22.1 Å². The summed E-state index contributed by atoms with van der Waals surface area (Å²) in [4.78, 5) is 6.59. The Morgan fingerprint density at radius 3 is 2.83 bits per heavy atom. The number of aromatic nitrogens is 1. The first kappa shape index (κ1) is 14.2. The molecule has 18 heavy (non-hydrogen) atoms. The lowest BCUT2D eigenvalue weighted by Crippen LogP contribution is -2.22. The Morgan fingerprint density at radius 2 is 2.17 bits per heavy atom. The van der Waals surface area contributed by atoms with Crippen LogP contribution in [0.3, 0.4) is 0 Å². The molecular weight excluding hydrogens is 293 g/mol. The molecule has 0 spiro atoms. The van der Waals surface area contributed by atoms with Gasteiger partial charge in [-0.05, 0) is 31.5 Å². The van der Waals surface area contributed by atoms with E-state index >= 15 is 0 Å². The lowest BCUT2D eigenvalue weighted by Gasteiger charge is -2.14. The predicted molar refractivity (Wildman–Crippen MR) is 78.0 cm³/mol. The van der Waals surface area contributed by atoms with Crippen molar-refractivity contribution in [3.63, 3.8) is 0 Å². The predicted octanol–water partition coefficient (Wildman–Crippen LogP) is 3.80. The number of nitrogens with zero attached hydrogens (tertiary/aromatic N) is 2. The zero-order valence-electron chi connectivity index (χ0n) is 10.2. The molecule has 0 radical (unpaired) electrons. The minimum absolute atomic E-state index is 0.283. The van der Waals surface area contributed by atoms with E-state index in [0.717, 1.165) is 19.6 Å². The topological polar surface area (TPSA) is 28.2 Å². The molecule has 0 saturated carbocycles. The van der Waals surface area contributed by atoms with Crippen LogP contribution in [0.1, 0.15) is 13.3 Å². The van der Waals surface area contributed by atoms with Gasteiger partial charge in [0.15, 0.2) is 0 Å². The Hall–Kier alpha value is -0.220. The molecule has 0 bridgehead atoms. The average molecular weight is 309 g/mol. The highest BCUT2D eigenvalue weighted by Gasteiger charge is 2.21. The van der Waals surface area contributed by atoms with Gasteiger partial charge in [0, 0.05) is 13.1 Å². The summed E-state index contributed by atoms with van der Waals surface area (Å²) < 4.78 is 0. The average Bonchev–Trinajstić information content (AvgIpc) is 2.80. The maximum atomic E-state index is 6.06. The third-order valence-electron chi connectivity index (χ3n) is 3.26. The molecule has 2 rings (SSSR count). The Kier molecular flexibility index (Phi) is 4.96. The van der Waals surface area contributed by atoms with Gasteiger partial charge in [0.1, 0.15) is 11.0 Å². The molecule has 3 nitrogen and oxygen atoms in total. The number of hydrogen-bond acceptors (Lipinski definition) is 3. The van der Waals surface area contributed by atoms with E-state index in [-0.39, 0.29) is 5.15 Å². The van der Waals surface area contributed by atoms with E-state index in [1.54, 1.807) is 6.07 Å². The molecule has 1 aromatic rings. The van der Waals surface area contributed by atoms with Crippen molar-refractivity contribution in [2.45, 2.75) is 13.3 Å². The summed E-state index contributed by atoms with van der Waals surface area (Å²) in [7, 11) is 0. The van der Waals surface area contributed by atoms with Crippen LogP contribution < -0.4 is 5.32 Å². The molecule has 0 aromatic carbocycles. The molecule has 0 aliphatic carbocycles. The van der Waals surface area contributed by atoms with E-state index in [9.17, 15) is 0 Å². The van der Waals surface area contributed by atoms with Crippen molar-refractivity contribution < 1.29 is 0 Å². The summed E-state index contributed by atoms with van der Waals surface area (Å²) in [5, 5.41) is 4.43. The second-order valence-corrected chi connectivity index (χ2v) is 5.69. The highest BCUT2D eigenvalue weighted by Crippen LogP contribution is 2.29. The van der Waals surface area contributed by atoms with Gasteiger partial charge in [0.2, 0.25) is 0 Å². The highest BCUT2D eigenvalue weighted by molar-refractivity contribution is 6.42. The van der Waals surface area contributed by atoms with Gasteiger partial charge in [-0.25, -0.2) is 4.98 Å².